The zero-order chi connectivity index (χ0) is 12.2. The fourth-order valence-electron chi connectivity index (χ4n) is 1.04. The molecule has 0 fully saturated rings. The Morgan fingerprint density at radius 1 is 1.50 bits per heavy atom. The Balaban J connectivity index is 2.98. The molecule has 1 rings (SSSR count). The van der Waals surface area contributed by atoms with Crippen molar-refractivity contribution in [3.63, 3.8) is 0 Å². The molecule has 0 aromatic carbocycles. The summed E-state index contributed by atoms with van der Waals surface area (Å²) < 4.78 is 48.7. The number of anilines is 1. The van der Waals surface area contributed by atoms with Gasteiger partial charge in [0.25, 0.3) is 16.4 Å². The molecule has 5 nitrogen and oxygen atoms in total. The molecule has 90 valence electrons. The summed E-state index contributed by atoms with van der Waals surface area (Å²) in [5, 5.41) is 2.33. The van der Waals surface area contributed by atoms with Crippen LogP contribution in [0.2, 0.25) is 0 Å². The van der Waals surface area contributed by atoms with Crippen molar-refractivity contribution < 1.29 is 17.2 Å². The van der Waals surface area contributed by atoms with Gasteiger partial charge in [0, 0.05) is 13.2 Å². The molecule has 0 atom stereocenters. The number of hydrogen-bond donors (Lipinski definition) is 2. The predicted molar refractivity (Wildman–Crippen MR) is 55.0 cm³/mol. The van der Waals surface area contributed by atoms with Crippen LogP contribution in [-0.2, 0) is 10.0 Å². The van der Waals surface area contributed by atoms with Gasteiger partial charge in [0.2, 0.25) is 0 Å². The number of alkyl halides is 2. The van der Waals surface area contributed by atoms with Crippen molar-refractivity contribution in [1.82, 2.24) is 9.71 Å². The van der Waals surface area contributed by atoms with Crippen LogP contribution in [0.5, 0.6) is 0 Å². The first-order chi connectivity index (χ1) is 7.47. The first-order valence-corrected chi connectivity index (χ1v) is 5.86. The summed E-state index contributed by atoms with van der Waals surface area (Å²) >= 11 is 0. The minimum atomic E-state index is -4.00. The lowest BCUT2D eigenvalue weighted by molar-refractivity contribution is 0.153. The van der Waals surface area contributed by atoms with Crippen LogP contribution in [0.3, 0.4) is 0 Å². The third-order valence-electron chi connectivity index (χ3n) is 1.72. The number of nitrogens with zero attached hydrogens (tertiary/aromatic N) is 1. The molecule has 0 spiro atoms. The molecular formula is C8H11F2N3O2S. The Hall–Kier alpha value is -1.28. The number of halogens is 2. The van der Waals surface area contributed by atoms with Crippen molar-refractivity contribution >= 4 is 15.7 Å². The third-order valence-corrected chi connectivity index (χ3v) is 3.10. The second-order valence-electron chi connectivity index (χ2n) is 2.85. The highest BCUT2D eigenvalue weighted by molar-refractivity contribution is 7.89. The lowest BCUT2D eigenvalue weighted by Crippen LogP contribution is -2.29. The zero-order valence-corrected chi connectivity index (χ0v) is 9.26. The van der Waals surface area contributed by atoms with E-state index in [4.69, 9.17) is 0 Å². The Bertz CT molecular complexity index is 450. The van der Waals surface area contributed by atoms with E-state index in [-0.39, 0.29) is 10.7 Å². The molecule has 0 bridgehead atoms. The number of aromatic nitrogens is 1. The van der Waals surface area contributed by atoms with Gasteiger partial charge in [0.1, 0.15) is 0 Å². The highest BCUT2D eigenvalue weighted by atomic mass is 32.2. The zero-order valence-electron chi connectivity index (χ0n) is 8.44. The van der Waals surface area contributed by atoms with Crippen LogP contribution in [0.4, 0.5) is 14.5 Å². The van der Waals surface area contributed by atoms with Crippen LogP contribution in [0.1, 0.15) is 0 Å². The molecule has 0 aliphatic carbocycles. The summed E-state index contributed by atoms with van der Waals surface area (Å²) in [6.07, 6.45) is -1.46. The second kappa shape index (κ2) is 5.17. The first-order valence-electron chi connectivity index (χ1n) is 4.38. The summed E-state index contributed by atoms with van der Waals surface area (Å²) in [5.41, 5.74) is 0.254. The van der Waals surface area contributed by atoms with Crippen molar-refractivity contribution in [2.45, 2.75) is 11.5 Å². The van der Waals surface area contributed by atoms with Gasteiger partial charge < -0.3 is 5.32 Å². The molecule has 0 radical (unpaired) electrons. The fraction of sp³-hybridized carbons (Fsp3) is 0.375. The van der Waals surface area contributed by atoms with Gasteiger partial charge in [-0.1, -0.05) is 0 Å². The normalized spacial score (nSPS) is 11.8. The van der Waals surface area contributed by atoms with E-state index in [1.54, 1.807) is 4.72 Å². The van der Waals surface area contributed by atoms with Gasteiger partial charge in [-0.3, -0.25) is 0 Å². The topological polar surface area (TPSA) is 71.1 Å². The van der Waals surface area contributed by atoms with E-state index in [2.05, 4.69) is 10.3 Å². The number of hydrogen-bond acceptors (Lipinski definition) is 4. The standard InChI is InChI=1S/C8H11F2N3O2S/c1-11-6-3-2-4-12-8(6)16(14,15)13-5-7(9)10/h2-4,7,11,13H,5H2,1H3. The average molecular weight is 251 g/mol. The minimum Gasteiger partial charge on any atom is -0.386 e. The molecule has 1 aromatic rings. The smallest absolute Gasteiger partial charge is 0.260 e. The number of sulfonamides is 1. The summed E-state index contributed by atoms with van der Waals surface area (Å²) in [4.78, 5) is 3.64. The monoisotopic (exact) mass is 251 g/mol. The number of pyridine rings is 1. The van der Waals surface area contributed by atoms with Crippen molar-refractivity contribution in [1.29, 1.82) is 0 Å². The molecule has 0 amide bonds. The molecule has 0 aliphatic heterocycles. The highest BCUT2D eigenvalue weighted by Gasteiger charge is 2.20. The largest absolute Gasteiger partial charge is 0.386 e. The highest BCUT2D eigenvalue weighted by Crippen LogP contribution is 2.16. The Kier molecular flexibility index (Phi) is 4.13. The second-order valence-corrected chi connectivity index (χ2v) is 4.53. The summed E-state index contributed by atoms with van der Waals surface area (Å²) in [6, 6.07) is 3.03. The van der Waals surface area contributed by atoms with Crippen molar-refractivity contribution in [3.05, 3.63) is 18.3 Å². The lowest BCUT2D eigenvalue weighted by atomic mass is 10.4. The van der Waals surface area contributed by atoms with Gasteiger partial charge in [-0.25, -0.2) is 26.9 Å². The minimum absolute atomic E-state index is 0.254. The number of rotatable bonds is 5. The van der Waals surface area contributed by atoms with Crippen LogP contribution in [0.25, 0.3) is 0 Å². The molecule has 1 heterocycles. The molecule has 0 saturated heterocycles. The predicted octanol–water partition coefficient (Wildman–Crippen LogP) is 0.667. The molecule has 2 N–H and O–H groups in total. The van der Waals surface area contributed by atoms with Gasteiger partial charge in [0.15, 0.2) is 5.03 Å². The van der Waals surface area contributed by atoms with E-state index in [0.29, 0.717) is 0 Å². The first kappa shape index (κ1) is 12.8. The van der Waals surface area contributed by atoms with E-state index >= 15 is 0 Å². The van der Waals surface area contributed by atoms with Crippen LogP contribution < -0.4 is 10.0 Å². The van der Waals surface area contributed by atoms with Gasteiger partial charge in [-0.2, -0.15) is 0 Å². The van der Waals surface area contributed by atoms with Crippen molar-refractivity contribution in [2.24, 2.45) is 0 Å². The SMILES string of the molecule is CNc1cccnc1S(=O)(=O)NCC(F)F. The van der Waals surface area contributed by atoms with E-state index in [1.165, 1.54) is 25.4 Å². The maximum absolute atomic E-state index is 11.9. The Morgan fingerprint density at radius 2 is 2.19 bits per heavy atom. The molecule has 0 unspecified atom stereocenters. The lowest BCUT2D eigenvalue weighted by Gasteiger charge is -2.09. The number of nitrogens with one attached hydrogen (secondary N) is 2. The third kappa shape index (κ3) is 3.11. The van der Waals surface area contributed by atoms with Crippen molar-refractivity contribution in [2.75, 3.05) is 18.9 Å². The van der Waals surface area contributed by atoms with Crippen LogP contribution in [-0.4, -0.2) is 33.4 Å². The average Bonchev–Trinajstić information content (AvgIpc) is 2.26. The molecular weight excluding hydrogens is 240 g/mol. The molecule has 8 heteroatoms. The Labute approximate surface area is 91.9 Å². The molecule has 1 aromatic heterocycles. The van der Waals surface area contributed by atoms with Gasteiger partial charge >= 0.3 is 0 Å². The van der Waals surface area contributed by atoms with Gasteiger partial charge in [0.05, 0.1) is 12.2 Å². The molecule has 0 saturated carbocycles. The maximum Gasteiger partial charge on any atom is 0.260 e. The summed E-state index contributed by atoms with van der Waals surface area (Å²) in [6.45, 7) is -0.929. The van der Waals surface area contributed by atoms with Crippen LogP contribution in [0.15, 0.2) is 23.4 Å². The van der Waals surface area contributed by atoms with E-state index in [0.717, 1.165) is 0 Å². The molecule has 0 aliphatic rings. The van der Waals surface area contributed by atoms with E-state index in [9.17, 15) is 17.2 Å². The summed E-state index contributed by atoms with van der Waals surface area (Å²) in [7, 11) is -2.48. The maximum atomic E-state index is 11.9. The van der Waals surface area contributed by atoms with Gasteiger partial charge in [-0.15, -0.1) is 0 Å². The van der Waals surface area contributed by atoms with Crippen LogP contribution >= 0.6 is 0 Å². The van der Waals surface area contributed by atoms with Crippen molar-refractivity contribution in [3.8, 4) is 0 Å². The Morgan fingerprint density at radius 3 is 2.75 bits per heavy atom. The fourth-order valence-corrected chi connectivity index (χ4v) is 2.18. The quantitative estimate of drug-likeness (QED) is 0.806. The van der Waals surface area contributed by atoms with E-state index < -0.39 is 23.0 Å². The molecule has 16 heavy (non-hydrogen) atoms. The van der Waals surface area contributed by atoms with Crippen LogP contribution in [0, 0.1) is 0 Å². The van der Waals surface area contributed by atoms with E-state index in [1.807, 2.05) is 0 Å². The van der Waals surface area contributed by atoms with Gasteiger partial charge in [-0.05, 0) is 12.1 Å². The summed E-state index contributed by atoms with van der Waals surface area (Å²) in [5.74, 6) is 0.